The molecule has 0 aromatic heterocycles. The number of allylic oxidation sites excluding steroid dienone is 1. The summed E-state index contributed by atoms with van der Waals surface area (Å²) in [5.74, 6) is 4.25. The normalized spacial score (nSPS) is 36.4. The van der Waals surface area contributed by atoms with E-state index in [0.29, 0.717) is 36.5 Å². The Labute approximate surface area is 201 Å². The molecule has 5 rings (SSSR count). The number of hydrogen-bond acceptors (Lipinski definition) is 4. The summed E-state index contributed by atoms with van der Waals surface area (Å²) in [6, 6.07) is 6.02. The van der Waals surface area contributed by atoms with E-state index in [1.54, 1.807) is 12.1 Å². The maximum absolute atomic E-state index is 13.9. The van der Waals surface area contributed by atoms with Crippen molar-refractivity contribution in [3.63, 3.8) is 0 Å². The van der Waals surface area contributed by atoms with Gasteiger partial charge in [-0.3, -0.25) is 4.79 Å². The van der Waals surface area contributed by atoms with Crippen molar-refractivity contribution in [1.29, 1.82) is 0 Å². The average Bonchev–Trinajstić information content (AvgIpc) is 3.18. The molecule has 4 unspecified atom stereocenters. The van der Waals surface area contributed by atoms with Crippen LogP contribution in [0.2, 0.25) is 0 Å². The number of esters is 1. The molecule has 0 saturated heterocycles. The summed E-state index contributed by atoms with van der Waals surface area (Å²) in [4.78, 5) is 24.8. The van der Waals surface area contributed by atoms with Gasteiger partial charge in [0.05, 0.1) is 0 Å². The van der Waals surface area contributed by atoms with E-state index in [9.17, 15) is 14.0 Å². The number of carbonyl (C=O) groups excluding carboxylic acids is 2. The summed E-state index contributed by atoms with van der Waals surface area (Å²) in [5, 5.41) is 0. The minimum Gasteiger partial charge on any atom is -0.479 e. The van der Waals surface area contributed by atoms with E-state index in [4.69, 9.17) is 15.9 Å². The van der Waals surface area contributed by atoms with Crippen LogP contribution in [0.25, 0.3) is 0 Å². The molecule has 1 aromatic rings. The molecule has 0 aliphatic heterocycles. The predicted octanol–water partition coefficient (Wildman–Crippen LogP) is 5.65. The molecular formula is C29H33FO4. The molecule has 0 heterocycles. The molecule has 4 aliphatic rings. The highest BCUT2D eigenvalue weighted by molar-refractivity contribution is 5.91. The third-order valence-electron chi connectivity index (χ3n) is 9.45. The molecule has 180 valence electrons. The van der Waals surface area contributed by atoms with E-state index in [0.717, 1.165) is 44.9 Å². The van der Waals surface area contributed by atoms with Crippen LogP contribution in [0.4, 0.5) is 4.39 Å². The standard InChI is InChI=1S/C29H33FO4/c1-3-28-15-13-22-21-12-10-20(31)17-19(21)9-11-23(22)24(28)14-16-29(28,4-2)34-27(32)18-33-26-8-6-5-7-25(26)30/h2,5-8,17,21-24H,3,9-16,18H2,1H3/t21?,22?,23?,24?,28-,29-/m0/s1. The second kappa shape index (κ2) is 8.87. The number of fused-ring (bicyclic) bond motifs is 5. The summed E-state index contributed by atoms with van der Waals surface area (Å²) in [7, 11) is 0. The van der Waals surface area contributed by atoms with Gasteiger partial charge in [-0.1, -0.05) is 30.6 Å². The minimum absolute atomic E-state index is 0.0289. The van der Waals surface area contributed by atoms with E-state index in [-0.39, 0.29) is 23.6 Å². The lowest BCUT2D eigenvalue weighted by molar-refractivity contribution is -0.175. The van der Waals surface area contributed by atoms with Crippen molar-refractivity contribution in [2.24, 2.45) is 29.1 Å². The zero-order chi connectivity index (χ0) is 23.9. The van der Waals surface area contributed by atoms with E-state index in [1.807, 2.05) is 6.08 Å². The first-order chi connectivity index (χ1) is 16.4. The smallest absolute Gasteiger partial charge is 0.345 e. The van der Waals surface area contributed by atoms with Gasteiger partial charge in [-0.2, -0.15) is 0 Å². The largest absolute Gasteiger partial charge is 0.479 e. The fourth-order valence-corrected chi connectivity index (χ4v) is 8.04. The first kappa shape index (κ1) is 23.1. The molecule has 0 amide bonds. The highest BCUT2D eigenvalue weighted by atomic mass is 19.1. The number of hydrogen-bond donors (Lipinski definition) is 0. The van der Waals surface area contributed by atoms with Crippen LogP contribution in [0.15, 0.2) is 35.9 Å². The summed E-state index contributed by atoms with van der Waals surface area (Å²) >= 11 is 0. The maximum Gasteiger partial charge on any atom is 0.345 e. The monoisotopic (exact) mass is 464 g/mol. The van der Waals surface area contributed by atoms with Crippen LogP contribution in [0.5, 0.6) is 5.75 Å². The van der Waals surface area contributed by atoms with Gasteiger partial charge in [0.1, 0.15) is 0 Å². The van der Waals surface area contributed by atoms with E-state index in [2.05, 4.69) is 12.8 Å². The van der Waals surface area contributed by atoms with Crippen LogP contribution in [-0.4, -0.2) is 24.0 Å². The molecule has 0 N–H and O–H groups in total. The van der Waals surface area contributed by atoms with Crippen molar-refractivity contribution < 1.29 is 23.5 Å². The Bertz CT molecular complexity index is 1050. The summed E-state index contributed by atoms with van der Waals surface area (Å²) in [6.07, 6.45) is 16.2. The van der Waals surface area contributed by atoms with Gasteiger partial charge in [-0.15, -0.1) is 6.42 Å². The van der Waals surface area contributed by atoms with Crippen LogP contribution in [0, 0.1) is 47.2 Å². The maximum atomic E-state index is 13.9. The van der Waals surface area contributed by atoms with Crippen molar-refractivity contribution in [3.8, 4) is 18.1 Å². The Kier molecular flexibility index (Phi) is 6.04. The summed E-state index contributed by atoms with van der Waals surface area (Å²) in [6.45, 7) is 1.80. The first-order valence-electron chi connectivity index (χ1n) is 12.7. The second-order valence-electron chi connectivity index (χ2n) is 10.6. The Morgan fingerprint density at radius 2 is 1.97 bits per heavy atom. The summed E-state index contributed by atoms with van der Waals surface area (Å²) in [5.41, 5.74) is 0.160. The molecule has 34 heavy (non-hydrogen) atoms. The Morgan fingerprint density at radius 3 is 2.74 bits per heavy atom. The van der Waals surface area contributed by atoms with Crippen molar-refractivity contribution in [2.75, 3.05) is 6.61 Å². The molecular weight excluding hydrogens is 431 g/mol. The van der Waals surface area contributed by atoms with Crippen LogP contribution in [-0.2, 0) is 14.3 Å². The fraction of sp³-hybridized carbons (Fsp3) is 0.586. The van der Waals surface area contributed by atoms with Crippen molar-refractivity contribution >= 4 is 11.8 Å². The van der Waals surface area contributed by atoms with E-state index in [1.165, 1.54) is 17.7 Å². The molecule has 1 aromatic carbocycles. The van der Waals surface area contributed by atoms with Crippen molar-refractivity contribution in [3.05, 3.63) is 41.7 Å². The number of rotatable bonds is 5. The third kappa shape index (κ3) is 3.58. The van der Waals surface area contributed by atoms with Gasteiger partial charge in [0.25, 0.3) is 0 Å². The van der Waals surface area contributed by atoms with Gasteiger partial charge >= 0.3 is 5.97 Å². The third-order valence-corrected chi connectivity index (χ3v) is 9.45. The lowest BCUT2D eigenvalue weighted by Gasteiger charge is -2.56. The molecule has 3 fully saturated rings. The quantitative estimate of drug-likeness (QED) is 0.417. The SMILES string of the molecule is C#C[C@]1(OC(=O)COc2ccccc2F)CCC2C3CCC4=CC(=O)CCC4C3CC[C@@]21CC. The fourth-order valence-electron chi connectivity index (χ4n) is 8.04. The van der Waals surface area contributed by atoms with Gasteiger partial charge in [0.15, 0.2) is 29.6 Å². The summed E-state index contributed by atoms with van der Waals surface area (Å²) < 4.78 is 25.4. The van der Waals surface area contributed by atoms with Crippen molar-refractivity contribution in [1.82, 2.24) is 0 Å². The van der Waals surface area contributed by atoms with Gasteiger partial charge in [-0.05, 0) is 93.2 Å². The molecule has 0 bridgehead atoms. The highest BCUT2D eigenvalue weighted by Crippen LogP contribution is 2.67. The van der Waals surface area contributed by atoms with Gasteiger partial charge in [-0.25, -0.2) is 9.18 Å². The minimum atomic E-state index is -0.953. The van der Waals surface area contributed by atoms with Gasteiger partial charge in [0, 0.05) is 11.8 Å². The molecule has 3 saturated carbocycles. The molecule has 0 radical (unpaired) electrons. The lowest BCUT2D eigenvalue weighted by Crippen LogP contribution is -2.55. The zero-order valence-corrected chi connectivity index (χ0v) is 19.9. The first-order valence-corrected chi connectivity index (χ1v) is 12.7. The van der Waals surface area contributed by atoms with Gasteiger partial charge < -0.3 is 9.47 Å². The van der Waals surface area contributed by atoms with E-state index >= 15 is 0 Å². The predicted molar refractivity (Wildman–Crippen MR) is 126 cm³/mol. The zero-order valence-electron chi connectivity index (χ0n) is 19.9. The number of benzene rings is 1. The van der Waals surface area contributed by atoms with Gasteiger partial charge in [0.2, 0.25) is 0 Å². The Hall–Kier alpha value is -2.61. The molecule has 4 aliphatic carbocycles. The van der Waals surface area contributed by atoms with Crippen LogP contribution in [0.3, 0.4) is 0 Å². The number of halogens is 1. The molecule has 4 nitrogen and oxygen atoms in total. The van der Waals surface area contributed by atoms with Crippen molar-refractivity contribution in [2.45, 2.75) is 70.3 Å². The Balaban J connectivity index is 1.35. The second-order valence-corrected chi connectivity index (χ2v) is 10.6. The Morgan fingerprint density at radius 1 is 1.15 bits per heavy atom. The number of ether oxygens (including phenoxy) is 2. The molecule has 5 heteroatoms. The van der Waals surface area contributed by atoms with Crippen LogP contribution in [0.1, 0.15) is 64.7 Å². The van der Waals surface area contributed by atoms with Crippen LogP contribution < -0.4 is 4.74 Å². The number of carbonyl (C=O) groups is 2. The molecule has 6 atom stereocenters. The van der Waals surface area contributed by atoms with E-state index < -0.39 is 17.4 Å². The topological polar surface area (TPSA) is 52.6 Å². The average molecular weight is 465 g/mol. The van der Waals surface area contributed by atoms with Crippen LogP contribution >= 0.6 is 0 Å². The highest BCUT2D eigenvalue weighted by Gasteiger charge is 2.65. The number of terminal acetylenes is 1. The number of ketones is 1. The molecule has 0 spiro atoms. The number of para-hydroxylation sites is 1. The lowest BCUT2D eigenvalue weighted by atomic mass is 9.49.